The molecule has 6 heteroatoms. The van der Waals surface area contributed by atoms with Crippen LogP contribution < -0.4 is 0 Å². The summed E-state index contributed by atoms with van der Waals surface area (Å²) in [5.41, 5.74) is 0. The predicted octanol–water partition coefficient (Wildman–Crippen LogP) is 25.7. The first-order chi connectivity index (χ1) is 40.5. The molecule has 0 N–H and O–H groups in total. The van der Waals surface area contributed by atoms with Crippen LogP contribution >= 0.6 is 0 Å². The fourth-order valence-electron chi connectivity index (χ4n) is 11.6. The van der Waals surface area contributed by atoms with E-state index in [2.05, 4.69) is 45.1 Å². The van der Waals surface area contributed by atoms with Gasteiger partial charge in [-0.25, -0.2) is 0 Å². The highest BCUT2D eigenvalue weighted by atomic mass is 16.6. The van der Waals surface area contributed by atoms with E-state index in [1.54, 1.807) is 0 Å². The van der Waals surface area contributed by atoms with Crippen LogP contribution in [0.2, 0.25) is 0 Å². The Labute approximate surface area is 513 Å². The molecule has 0 aromatic carbocycles. The zero-order chi connectivity index (χ0) is 59.2. The average molecular weight is 1150 g/mol. The minimum atomic E-state index is -0.775. The zero-order valence-corrected chi connectivity index (χ0v) is 55.8. The van der Waals surface area contributed by atoms with Crippen molar-refractivity contribution in [3.63, 3.8) is 0 Å². The van der Waals surface area contributed by atoms with Gasteiger partial charge in [0.25, 0.3) is 0 Å². The molecule has 0 radical (unpaired) electrons. The lowest BCUT2D eigenvalue weighted by molar-refractivity contribution is -0.167. The number of hydrogen-bond acceptors (Lipinski definition) is 6. The van der Waals surface area contributed by atoms with Crippen LogP contribution in [0.3, 0.4) is 0 Å². The second-order valence-corrected chi connectivity index (χ2v) is 25.6. The van der Waals surface area contributed by atoms with Gasteiger partial charge in [-0.3, -0.25) is 14.4 Å². The molecule has 0 aromatic heterocycles. The predicted molar refractivity (Wildman–Crippen MR) is 358 cm³/mol. The SMILES string of the molecule is CCCCCC/C=C\C/C=C\CCCCCCCC(=O)OCC(COC(=O)CCCCCCCCCCCCCCCCCCCCCCCCCC)OC(=O)CCCCCCCCCCCCCCCCCCCCCCCCCC. The third-order valence-corrected chi connectivity index (χ3v) is 17.2. The number of carbonyl (C=O) groups excluding carboxylic acids is 3. The van der Waals surface area contributed by atoms with Crippen LogP contribution in [-0.2, 0) is 28.6 Å². The van der Waals surface area contributed by atoms with Gasteiger partial charge < -0.3 is 14.2 Å². The van der Waals surface area contributed by atoms with E-state index in [4.69, 9.17) is 14.2 Å². The highest BCUT2D eigenvalue weighted by Gasteiger charge is 2.20. The fraction of sp³-hybridized carbons (Fsp3) is 0.908. The number of rotatable bonds is 70. The van der Waals surface area contributed by atoms with Gasteiger partial charge in [0.2, 0.25) is 0 Å². The Bertz CT molecular complexity index is 1320. The van der Waals surface area contributed by atoms with Crippen molar-refractivity contribution < 1.29 is 28.6 Å². The molecule has 1 unspecified atom stereocenters. The molecule has 6 nitrogen and oxygen atoms in total. The van der Waals surface area contributed by atoms with Crippen LogP contribution in [0.25, 0.3) is 0 Å². The Morgan fingerprint density at radius 1 is 0.244 bits per heavy atom. The van der Waals surface area contributed by atoms with Crippen molar-refractivity contribution in [1.29, 1.82) is 0 Å². The van der Waals surface area contributed by atoms with Crippen LogP contribution in [0.5, 0.6) is 0 Å². The van der Waals surface area contributed by atoms with Gasteiger partial charge in [0.05, 0.1) is 0 Å². The molecule has 484 valence electrons. The van der Waals surface area contributed by atoms with Crippen molar-refractivity contribution in [3.8, 4) is 0 Å². The molecule has 1 atom stereocenters. The monoisotopic (exact) mass is 1150 g/mol. The molecule has 0 saturated heterocycles. The van der Waals surface area contributed by atoms with Crippen molar-refractivity contribution in [1.82, 2.24) is 0 Å². The van der Waals surface area contributed by atoms with Crippen LogP contribution in [0.1, 0.15) is 425 Å². The van der Waals surface area contributed by atoms with Gasteiger partial charge in [0, 0.05) is 19.3 Å². The summed E-state index contributed by atoms with van der Waals surface area (Å²) in [5, 5.41) is 0. The lowest BCUT2D eigenvalue weighted by Crippen LogP contribution is -2.30. The molecule has 0 spiro atoms. The van der Waals surface area contributed by atoms with Crippen molar-refractivity contribution in [2.45, 2.75) is 431 Å². The Balaban J connectivity index is 4.26. The summed E-state index contributed by atoms with van der Waals surface area (Å²) in [6, 6.07) is 0. The molecule has 0 fully saturated rings. The summed E-state index contributed by atoms with van der Waals surface area (Å²) < 4.78 is 17.0. The summed E-state index contributed by atoms with van der Waals surface area (Å²) in [6.45, 7) is 6.71. The fourth-order valence-corrected chi connectivity index (χ4v) is 11.6. The zero-order valence-electron chi connectivity index (χ0n) is 55.8. The van der Waals surface area contributed by atoms with Crippen LogP contribution in [-0.4, -0.2) is 37.2 Å². The molecular formula is C76H144O6. The van der Waals surface area contributed by atoms with E-state index in [1.165, 1.54) is 308 Å². The van der Waals surface area contributed by atoms with Gasteiger partial charge in [-0.2, -0.15) is 0 Å². The third kappa shape index (κ3) is 68.7. The van der Waals surface area contributed by atoms with Gasteiger partial charge in [-0.15, -0.1) is 0 Å². The van der Waals surface area contributed by atoms with Gasteiger partial charge in [-0.1, -0.05) is 379 Å². The van der Waals surface area contributed by atoms with E-state index in [1.807, 2.05) is 0 Å². The largest absolute Gasteiger partial charge is 0.462 e. The normalized spacial score (nSPS) is 12.1. The number of unbranched alkanes of at least 4 members (excludes halogenated alkanes) is 55. The van der Waals surface area contributed by atoms with E-state index in [9.17, 15) is 14.4 Å². The molecule has 0 rings (SSSR count). The Morgan fingerprint density at radius 3 is 0.683 bits per heavy atom. The van der Waals surface area contributed by atoms with Crippen molar-refractivity contribution in [2.24, 2.45) is 0 Å². The standard InChI is InChI=1S/C76H144O6/c1-4-7-10-13-16-19-22-25-28-31-33-35-37-39-41-43-45-48-51-54-57-60-63-66-69-75(78)81-72-73(71-80-74(77)68-65-62-59-56-53-50-47-30-27-24-21-18-15-12-9-6-3)82-76(79)70-67-64-61-58-55-52-49-46-44-42-40-38-36-34-32-29-26-23-20-17-14-11-8-5-2/h21,24,30,47,73H,4-20,22-23,25-29,31-46,48-72H2,1-3H3/b24-21-,47-30-. The van der Waals surface area contributed by atoms with E-state index in [0.29, 0.717) is 19.3 Å². The van der Waals surface area contributed by atoms with Crippen molar-refractivity contribution in [3.05, 3.63) is 24.3 Å². The molecule has 82 heavy (non-hydrogen) atoms. The van der Waals surface area contributed by atoms with E-state index >= 15 is 0 Å². The van der Waals surface area contributed by atoms with Gasteiger partial charge in [0.1, 0.15) is 13.2 Å². The number of ether oxygens (including phenoxy) is 3. The molecule has 0 heterocycles. The topological polar surface area (TPSA) is 78.9 Å². The summed E-state index contributed by atoms with van der Waals surface area (Å²) >= 11 is 0. The molecule has 0 amide bonds. The number of carbonyl (C=O) groups is 3. The maximum absolute atomic E-state index is 13.0. The Kier molecular flexibility index (Phi) is 69.5. The van der Waals surface area contributed by atoms with E-state index < -0.39 is 6.10 Å². The second-order valence-electron chi connectivity index (χ2n) is 25.6. The maximum atomic E-state index is 13.0. The first-order valence-electron chi connectivity index (χ1n) is 37.3. The highest BCUT2D eigenvalue weighted by Crippen LogP contribution is 2.19. The second kappa shape index (κ2) is 71.4. The van der Waals surface area contributed by atoms with E-state index in [0.717, 1.165) is 77.0 Å². The number of esters is 3. The summed E-state index contributed by atoms with van der Waals surface area (Å²) in [6.07, 6.45) is 87.9. The van der Waals surface area contributed by atoms with E-state index in [-0.39, 0.29) is 31.1 Å². The quantitative estimate of drug-likeness (QED) is 0.0261. The smallest absolute Gasteiger partial charge is 0.306 e. The average Bonchev–Trinajstić information content (AvgIpc) is 3.47. The highest BCUT2D eigenvalue weighted by molar-refractivity contribution is 5.71. The lowest BCUT2D eigenvalue weighted by Gasteiger charge is -2.18. The molecule has 0 bridgehead atoms. The lowest BCUT2D eigenvalue weighted by atomic mass is 10.0. The Morgan fingerprint density at radius 2 is 0.439 bits per heavy atom. The Hall–Kier alpha value is -2.11. The van der Waals surface area contributed by atoms with Crippen LogP contribution in [0.4, 0.5) is 0 Å². The summed E-state index contributed by atoms with van der Waals surface area (Å²) in [5.74, 6) is -0.847. The number of hydrogen-bond donors (Lipinski definition) is 0. The molecule has 0 saturated carbocycles. The van der Waals surface area contributed by atoms with Crippen LogP contribution in [0.15, 0.2) is 24.3 Å². The minimum absolute atomic E-state index is 0.0690. The molecule has 0 aliphatic carbocycles. The summed E-state index contributed by atoms with van der Waals surface area (Å²) in [7, 11) is 0. The van der Waals surface area contributed by atoms with Gasteiger partial charge in [0.15, 0.2) is 6.10 Å². The molecular weight excluding hydrogens is 1010 g/mol. The number of allylic oxidation sites excluding steroid dienone is 4. The minimum Gasteiger partial charge on any atom is -0.462 e. The first kappa shape index (κ1) is 79.9. The molecule has 0 aliphatic heterocycles. The first-order valence-corrected chi connectivity index (χ1v) is 37.3. The third-order valence-electron chi connectivity index (χ3n) is 17.2. The molecule has 0 aromatic rings. The van der Waals surface area contributed by atoms with Crippen LogP contribution in [0, 0.1) is 0 Å². The van der Waals surface area contributed by atoms with Gasteiger partial charge in [-0.05, 0) is 51.4 Å². The summed E-state index contributed by atoms with van der Waals surface area (Å²) in [4.78, 5) is 38.5. The van der Waals surface area contributed by atoms with Gasteiger partial charge >= 0.3 is 17.9 Å². The maximum Gasteiger partial charge on any atom is 0.306 e. The molecule has 0 aliphatic rings. The van der Waals surface area contributed by atoms with Crippen molar-refractivity contribution >= 4 is 17.9 Å². The van der Waals surface area contributed by atoms with Crippen molar-refractivity contribution in [2.75, 3.05) is 13.2 Å².